The van der Waals surface area contributed by atoms with Crippen molar-refractivity contribution in [3.63, 3.8) is 0 Å². The maximum absolute atomic E-state index is 5.12. The maximum Gasteiger partial charge on any atom is 0.107 e. The quantitative estimate of drug-likeness (QED) is 0.936. The van der Waals surface area contributed by atoms with Crippen molar-refractivity contribution in [2.75, 3.05) is 13.7 Å². The number of rotatable bonds is 4. The molecule has 0 saturated carbocycles. The summed E-state index contributed by atoms with van der Waals surface area (Å²) in [6.45, 7) is 2.92. The number of nitrogens with one attached hydrogen (secondary N) is 1. The molecule has 0 saturated heterocycles. The van der Waals surface area contributed by atoms with Crippen LogP contribution in [0.15, 0.2) is 22.7 Å². The van der Waals surface area contributed by atoms with Gasteiger partial charge in [0.2, 0.25) is 0 Å². The lowest BCUT2D eigenvalue weighted by molar-refractivity contribution is 0.159. The Kier molecular flexibility index (Phi) is 3.61. The molecule has 1 aromatic heterocycles. The second-order valence-electron chi connectivity index (χ2n) is 4.11. The summed E-state index contributed by atoms with van der Waals surface area (Å²) in [5, 5.41) is 0. The zero-order valence-corrected chi connectivity index (χ0v) is 11.0. The minimum atomic E-state index is 0.481. The van der Waals surface area contributed by atoms with Gasteiger partial charge in [-0.25, -0.2) is 4.98 Å². The average Bonchev–Trinajstić information content (AvgIpc) is 2.59. The molecule has 0 spiro atoms. The van der Waals surface area contributed by atoms with Gasteiger partial charge in [0.25, 0.3) is 0 Å². The Morgan fingerprint density at radius 3 is 3.06 bits per heavy atom. The van der Waals surface area contributed by atoms with Crippen molar-refractivity contribution >= 4 is 27.0 Å². The van der Waals surface area contributed by atoms with Gasteiger partial charge in [0.1, 0.15) is 5.82 Å². The lowest BCUT2D eigenvalue weighted by Gasteiger charge is -2.06. The number of aromatic amines is 1. The molecule has 3 nitrogen and oxygen atoms in total. The van der Waals surface area contributed by atoms with Gasteiger partial charge < -0.3 is 9.72 Å². The van der Waals surface area contributed by atoms with Crippen LogP contribution < -0.4 is 0 Å². The van der Waals surface area contributed by atoms with E-state index in [2.05, 4.69) is 32.8 Å². The molecule has 0 aliphatic heterocycles. The van der Waals surface area contributed by atoms with Crippen LogP contribution in [0.5, 0.6) is 0 Å². The molecule has 1 unspecified atom stereocenters. The van der Waals surface area contributed by atoms with Gasteiger partial charge in [0, 0.05) is 24.6 Å². The van der Waals surface area contributed by atoms with Gasteiger partial charge in [-0.3, -0.25) is 0 Å². The summed E-state index contributed by atoms with van der Waals surface area (Å²) >= 11 is 3.45. The molecule has 0 amide bonds. The molecule has 1 N–H and O–H groups in total. The van der Waals surface area contributed by atoms with Crippen molar-refractivity contribution in [1.29, 1.82) is 0 Å². The predicted molar refractivity (Wildman–Crippen MR) is 68.5 cm³/mol. The molecular formula is C12H15BrN2O. The highest BCUT2D eigenvalue weighted by Crippen LogP contribution is 2.18. The Morgan fingerprint density at radius 2 is 2.31 bits per heavy atom. The molecule has 1 atom stereocenters. The van der Waals surface area contributed by atoms with E-state index in [0.29, 0.717) is 5.92 Å². The van der Waals surface area contributed by atoms with E-state index in [9.17, 15) is 0 Å². The van der Waals surface area contributed by atoms with Crippen LogP contribution in [0, 0.1) is 5.92 Å². The number of halogens is 1. The number of aromatic nitrogens is 2. The molecule has 1 heterocycles. The molecule has 0 aliphatic rings. The van der Waals surface area contributed by atoms with Crippen molar-refractivity contribution in [3.8, 4) is 0 Å². The number of benzene rings is 1. The van der Waals surface area contributed by atoms with E-state index in [1.54, 1.807) is 7.11 Å². The Labute approximate surface area is 103 Å². The van der Waals surface area contributed by atoms with Crippen LogP contribution in [-0.4, -0.2) is 23.7 Å². The summed E-state index contributed by atoms with van der Waals surface area (Å²) in [5.41, 5.74) is 2.09. The second-order valence-corrected chi connectivity index (χ2v) is 5.03. The monoisotopic (exact) mass is 282 g/mol. The molecular weight excluding hydrogens is 268 g/mol. The maximum atomic E-state index is 5.12. The molecule has 0 fully saturated rings. The van der Waals surface area contributed by atoms with Gasteiger partial charge in [0.15, 0.2) is 0 Å². The number of imidazole rings is 1. The van der Waals surface area contributed by atoms with Gasteiger partial charge in [-0.15, -0.1) is 0 Å². The van der Waals surface area contributed by atoms with Crippen molar-refractivity contribution in [3.05, 3.63) is 28.5 Å². The summed E-state index contributed by atoms with van der Waals surface area (Å²) in [7, 11) is 1.73. The molecule has 0 aliphatic carbocycles. The van der Waals surface area contributed by atoms with Crippen LogP contribution in [-0.2, 0) is 11.2 Å². The van der Waals surface area contributed by atoms with Crippen molar-refractivity contribution < 1.29 is 4.74 Å². The Balaban J connectivity index is 2.19. The van der Waals surface area contributed by atoms with Gasteiger partial charge >= 0.3 is 0 Å². The van der Waals surface area contributed by atoms with E-state index in [-0.39, 0.29) is 0 Å². The van der Waals surface area contributed by atoms with Crippen LogP contribution in [0.1, 0.15) is 12.7 Å². The molecule has 1 aromatic carbocycles. The Bertz CT molecular complexity index is 481. The van der Waals surface area contributed by atoms with Crippen LogP contribution in [0.2, 0.25) is 0 Å². The highest BCUT2D eigenvalue weighted by molar-refractivity contribution is 9.10. The van der Waals surface area contributed by atoms with E-state index >= 15 is 0 Å². The summed E-state index contributed by atoms with van der Waals surface area (Å²) < 4.78 is 6.19. The predicted octanol–water partition coefficient (Wildman–Crippen LogP) is 3.15. The zero-order valence-electron chi connectivity index (χ0n) is 9.46. The van der Waals surface area contributed by atoms with E-state index in [0.717, 1.165) is 34.4 Å². The first-order valence-electron chi connectivity index (χ1n) is 5.32. The van der Waals surface area contributed by atoms with Crippen LogP contribution in [0.25, 0.3) is 11.0 Å². The summed E-state index contributed by atoms with van der Waals surface area (Å²) in [5.74, 6) is 1.51. The third kappa shape index (κ3) is 2.62. The van der Waals surface area contributed by atoms with E-state index < -0.39 is 0 Å². The molecule has 86 valence electrons. The number of methoxy groups -OCH3 is 1. The molecule has 4 heteroatoms. The second kappa shape index (κ2) is 4.97. The van der Waals surface area contributed by atoms with Crippen molar-refractivity contribution in [1.82, 2.24) is 9.97 Å². The molecule has 0 bridgehead atoms. The van der Waals surface area contributed by atoms with Crippen LogP contribution in [0.3, 0.4) is 0 Å². The molecule has 16 heavy (non-hydrogen) atoms. The van der Waals surface area contributed by atoms with Crippen molar-refractivity contribution in [2.45, 2.75) is 13.3 Å². The molecule has 2 aromatic rings. The number of nitrogens with zero attached hydrogens (tertiary/aromatic N) is 1. The third-order valence-electron chi connectivity index (χ3n) is 2.49. The lowest BCUT2D eigenvalue weighted by atomic mass is 10.1. The average molecular weight is 283 g/mol. The largest absolute Gasteiger partial charge is 0.384 e. The Morgan fingerprint density at radius 1 is 1.50 bits per heavy atom. The van der Waals surface area contributed by atoms with Crippen molar-refractivity contribution in [2.24, 2.45) is 5.92 Å². The number of hydrogen-bond acceptors (Lipinski definition) is 2. The third-order valence-corrected chi connectivity index (χ3v) is 2.98. The van der Waals surface area contributed by atoms with E-state index in [4.69, 9.17) is 4.74 Å². The summed E-state index contributed by atoms with van der Waals surface area (Å²) in [4.78, 5) is 7.87. The Hall–Kier alpha value is -0.870. The normalized spacial score (nSPS) is 13.2. The first-order chi connectivity index (χ1) is 7.69. The standard InChI is InChI=1S/C12H15BrN2O/c1-8(7-16-2)5-12-14-10-4-3-9(13)6-11(10)15-12/h3-4,6,8H,5,7H2,1-2H3,(H,14,15). The number of fused-ring (bicyclic) bond motifs is 1. The van der Waals surface area contributed by atoms with Crippen LogP contribution in [0.4, 0.5) is 0 Å². The molecule has 0 radical (unpaired) electrons. The van der Waals surface area contributed by atoms with E-state index in [1.165, 1.54) is 0 Å². The summed E-state index contributed by atoms with van der Waals surface area (Å²) in [6, 6.07) is 6.07. The fourth-order valence-corrected chi connectivity index (χ4v) is 2.17. The number of hydrogen-bond donors (Lipinski definition) is 1. The SMILES string of the molecule is COCC(C)Cc1nc2ccc(Br)cc2[nH]1. The lowest BCUT2D eigenvalue weighted by Crippen LogP contribution is -2.07. The molecule has 2 rings (SSSR count). The summed E-state index contributed by atoms with van der Waals surface area (Å²) in [6.07, 6.45) is 0.917. The number of ether oxygens (including phenoxy) is 1. The van der Waals surface area contributed by atoms with Gasteiger partial charge in [-0.1, -0.05) is 22.9 Å². The minimum Gasteiger partial charge on any atom is -0.384 e. The van der Waals surface area contributed by atoms with Gasteiger partial charge in [-0.2, -0.15) is 0 Å². The van der Waals surface area contributed by atoms with Gasteiger partial charge in [0.05, 0.1) is 11.0 Å². The van der Waals surface area contributed by atoms with Gasteiger partial charge in [-0.05, 0) is 24.1 Å². The van der Waals surface area contributed by atoms with E-state index in [1.807, 2.05) is 18.2 Å². The topological polar surface area (TPSA) is 37.9 Å². The zero-order chi connectivity index (χ0) is 11.5. The first-order valence-corrected chi connectivity index (χ1v) is 6.11. The fourth-order valence-electron chi connectivity index (χ4n) is 1.80. The minimum absolute atomic E-state index is 0.481. The smallest absolute Gasteiger partial charge is 0.107 e. The first kappa shape index (κ1) is 11.6. The highest BCUT2D eigenvalue weighted by Gasteiger charge is 2.07. The van der Waals surface area contributed by atoms with Crippen LogP contribution >= 0.6 is 15.9 Å². The number of H-pyrrole nitrogens is 1. The fraction of sp³-hybridized carbons (Fsp3) is 0.417. The highest BCUT2D eigenvalue weighted by atomic mass is 79.9.